The molecule has 0 atom stereocenters. The molecule has 0 radical (unpaired) electrons. The topological polar surface area (TPSA) is 63.7 Å². The lowest BCUT2D eigenvalue weighted by atomic mass is 10.1. The highest BCUT2D eigenvalue weighted by atomic mass is 32.1. The summed E-state index contributed by atoms with van der Waals surface area (Å²) in [5, 5.41) is 2.47. The summed E-state index contributed by atoms with van der Waals surface area (Å²) in [6.45, 7) is 4.63. The average molecular weight is 393 g/mol. The van der Waals surface area contributed by atoms with Gasteiger partial charge in [0.1, 0.15) is 11.3 Å². The summed E-state index contributed by atoms with van der Waals surface area (Å²) in [6, 6.07) is 12.2. The van der Waals surface area contributed by atoms with E-state index in [4.69, 9.17) is 8.83 Å². The first-order valence-corrected chi connectivity index (χ1v) is 9.78. The molecule has 4 aromatic rings. The second-order valence-corrected chi connectivity index (χ2v) is 7.74. The van der Waals surface area contributed by atoms with Crippen molar-refractivity contribution in [3.63, 3.8) is 0 Å². The summed E-state index contributed by atoms with van der Waals surface area (Å²) in [4.78, 5) is 28.4. The smallest absolute Gasteiger partial charge is 0.290 e. The van der Waals surface area contributed by atoms with Gasteiger partial charge in [-0.15, -0.1) is 11.3 Å². The van der Waals surface area contributed by atoms with Gasteiger partial charge in [-0.2, -0.15) is 0 Å². The Morgan fingerprint density at radius 1 is 1.11 bits per heavy atom. The Morgan fingerprint density at radius 2 is 1.96 bits per heavy atom. The molecule has 28 heavy (non-hydrogen) atoms. The van der Waals surface area contributed by atoms with Crippen LogP contribution in [-0.4, -0.2) is 10.8 Å². The predicted octanol–water partition coefficient (Wildman–Crippen LogP) is 4.91. The zero-order valence-corrected chi connectivity index (χ0v) is 16.4. The second kappa shape index (κ2) is 7.48. The molecule has 0 saturated heterocycles. The van der Waals surface area contributed by atoms with E-state index in [0.29, 0.717) is 29.8 Å². The molecule has 142 valence electrons. The molecule has 3 heterocycles. The van der Waals surface area contributed by atoms with Gasteiger partial charge in [-0.05, 0) is 60.7 Å². The maximum absolute atomic E-state index is 13.2. The van der Waals surface area contributed by atoms with Gasteiger partial charge in [0, 0.05) is 10.9 Å². The van der Waals surface area contributed by atoms with E-state index >= 15 is 0 Å². The highest BCUT2D eigenvalue weighted by Crippen LogP contribution is 2.22. The van der Waals surface area contributed by atoms with Crippen molar-refractivity contribution in [3.8, 4) is 0 Å². The Labute approximate surface area is 165 Å². The van der Waals surface area contributed by atoms with E-state index in [1.165, 1.54) is 6.07 Å². The fourth-order valence-corrected chi connectivity index (χ4v) is 3.97. The van der Waals surface area contributed by atoms with Gasteiger partial charge < -0.3 is 13.7 Å². The third-order valence-electron chi connectivity index (χ3n) is 4.61. The first-order valence-electron chi connectivity index (χ1n) is 8.90. The van der Waals surface area contributed by atoms with E-state index in [1.807, 2.05) is 37.4 Å². The van der Waals surface area contributed by atoms with Crippen LogP contribution in [-0.2, 0) is 13.1 Å². The van der Waals surface area contributed by atoms with Crippen molar-refractivity contribution >= 4 is 28.2 Å². The Kier molecular flexibility index (Phi) is 4.88. The predicted molar refractivity (Wildman–Crippen MR) is 109 cm³/mol. The highest BCUT2D eigenvalue weighted by Gasteiger charge is 2.22. The third kappa shape index (κ3) is 3.64. The molecule has 0 bridgehead atoms. The van der Waals surface area contributed by atoms with E-state index in [9.17, 15) is 9.59 Å². The first kappa shape index (κ1) is 18.3. The molecular formula is C22H19NO4S. The van der Waals surface area contributed by atoms with Crippen molar-refractivity contribution in [2.75, 3.05) is 0 Å². The van der Waals surface area contributed by atoms with Gasteiger partial charge >= 0.3 is 0 Å². The van der Waals surface area contributed by atoms with Crippen LogP contribution in [0.25, 0.3) is 11.0 Å². The SMILES string of the molecule is Cc1ccc2c(=O)cc(C(=O)N(Cc3ccco3)Cc3sccc3C)oc2c1. The van der Waals surface area contributed by atoms with Crippen molar-refractivity contribution in [2.24, 2.45) is 0 Å². The van der Waals surface area contributed by atoms with Crippen molar-refractivity contribution < 1.29 is 13.6 Å². The molecule has 4 rings (SSSR count). The van der Waals surface area contributed by atoms with Crippen LogP contribution in [0.4, 0.5) is 0 Å². The monoisotopic (exact) mass is 393 g/mol. The minimum Gasteiger partial charge on any atom is -0.467 e. The van der Waals surface area contributed by atoms with Gasteiger partial charge in [0.15, 0.2) is 11.2 Å². The summed E-state index contributed by atoms with van der Waals surface area (Å²) < 4.78 is 11.2. The van der Waals surface area contributed by atoms with Crippen LogP contribution in [0.1, 0.15) is 32.3 Å². The van der Waals surface area contributed by atoms with Crippen LogP contribution in [0.15, 0.2) is 67.7 Å². The van der Waals surface area contributed by atoms with Crippen LogP contribution in [0, 0.1) is 13.8 Å². The van der Waals surface area contributed by atoms with Crippen LogP contribution in [0.5, 0.6) is 0 Å². The van der Waals surface area contributed by atoms with Gasteiger partial charge in [0.2, 0.25) is 0 Å². The van der Waals surface area contributed by atoms with Crippen molar-refractivity contribution in [1.29, 1.82) is 0 Å². The molecule has 1 amide bonds. The Hall–Kier alpha value is -3.12. The van der Waals surface area contributed by atoms with Crippen LogP contribution >= 0.6 is 11.3 Å². The number of carbonyl (C=O) groups excluding carboxylic acids is 1. The average Bonchev–Trinajstić information content (AvgIpc) is 3.32. The number of furan rings is 1. The number of rotatable bonds is 5. The molecule has 0 aliphatic heterocycles. The number of nitrogens with zero attached hydrogens (tertiary/aromatic N) is 1. The fraction of sp³-hybridized carbons (Fsp3) is 0.182. The standard InChI is InChI=1S/C22H19NO4S/c1-14-5-6-17-18(24)11-20(27-19(17)10-14)22(25)23(12-16-4-3-8-26-16)13-21-15(2)7-9-28-21/h3-11H,12-13H2,1-2H3. The van der Waals surface area contributed by atoms with Crippen molar-refractivity contribution in [3.05, 3.63) is 91.9 Å². The van der Waals surface area contributed by atoms with Gasteiger partial charge in [0.05, 0.1) is 24.7 Å². The molecular weight excluding hydrogens is 374 g/mol. The minimum absolute atomic E-state index is 0.0314. The van der Waals surface area contributed by atoms with Gasteiger partial charge in [0.25, 0.3) is 5.91 Å². The summed E-state index contributed by atoms with van der Waals surface area (Å²) in [5.74, 6) is 0.357. The molecule has 0 unspecified atom stereocenters. The minimum atomic E-state index is -0.343. The highest BCUT2D eigenvalue weighted by molar-refractivity contribution is 7.10. The summed E-state index contributed by atoms with van der Waals surface area (Å²) >= 11 is 1.59. The quantitative estimate of drug-likeness (QED) is 0.483. The van der Waals surface area contributed by atoms with Crippen molar-refractivity contribution in [1.82, 2.24) is 4.90 Å². The largest absolute Gasteiger partial charge is 0.467 e. The number of hydrogen-bond donors (Lipinski definition) is 0. The lowest BCUT2D eigenvalue weighted by molar-refractivity contribution is 0.0687. The Bertz CT molecular complexity index is 1190. The van der Waals surface area contributed by atoms with Crippen LogP contribution in [0.3, 0.4) is 0 Å². The van der Waals surface area contributed by atoms with Crippen LogP contribution < -0.4 is 5.43 Å². The number of benzene rings is 1. The number of amides is 1. The molecule has 0 saturated carbocycles. The maximum atomic E-state index is 13.2. The maximum Gasteiger partial charge on any atom is 0.290 e. The molecule has 3 aromatic heterocycles. The number of thiophene rings is 1. The van der Waals surface area contributed by atoms with E-state index in [2.05, 4.69) is 0 Å². The second-order valence-electron chi connectivity index (χ2n) is 6.74. The molecule has 1 aromatic carbocycles. The third-order valence-corrected chi connectivity index (χ3v) is 5.62. The Morgan fingerprint density at radius 3 is 2.68 bits per heavy atom. The fourth-order valence-electron chi connectivity index (χ4n) is 3.05. The zero-order chi connectivity index (χ0) is 19.7. The van der Waals surface area contributed by atoms with Gasteiger partial charge in [-0.3, -0.25) is 9.59 Å². The molecule has 5 nitrogen and oxygen atoms in total. The molecule has 0 fully saturated rings. The number of aryl methyl sites for hydroxylation is 2. The summed E-state index contributed by atoms with van der Waals surface area (Å²) in [6.07, 6.45) is 1.58. The lowest BCUT2D eigenvalue weighted by Crippen LogP contribution is -2.30. The van der Waals surface area contributed by atoms with Crippen LogP contribution in [0.2, 0.25) is 0 Å². The summed E-state index contributed by atoms with van der Waals surface area (Å²) in [7, 11) is 0. The first-order chi connectivity index (χ1) is 13.5. The van der Waals surface area contributed by atoms with E-state index < -0.39 is 0 Å². The van der Waals surface area contributed by atoms with Crippen molar-refractivity contribution in [2.45, 2.75) is 26.9 Å². The molecule has 0 N–H and O–H groups in total. The molecule has 0 aliphatic carbocycles. The molecule has 0 spiro atoms. The van der Waals surface area contributed by atoms with E-state index in [-0.39, 0.29) is 17.1 Å². The molecule has 0 aliphatic rings. The summed E-state index contributed by atoms with van der Waals surface area (Å²) in [5.41, 5.74) is 2.27. The molecule has 6 heteroatoms. The Balaban J connectivity index is 1.72. The normalized spacial score (nSPS) is 11.1. The van der Waals surface area contributed by atoms with E-state index in [1.54, 1.807) is 40.7 Å². The number of carbonyl (C=O) groups is 1. The van der Waals surface area contributed by atoms with Gasteiger partial charge in [-0.25, -0.2) is 0 Å². The lowest BCUT2D eigenvalue weighted by Gasteiger charge is -2.21. The van der Waals surface area contributed by atoms with E-state index in [0.717, 1.165) is 16.0 Å². The van der Waals surface area contributed by atoms with Gasteiger partial charge in [-0.1, -0.05) is 6.07 Å². The zero-order valence-electron chi connectivity index (χ0n) is 15.6. The number of fused-ring (bicyclic) bond motifs is 1. The number of hydrogen-bond acceptors (Lipinski definition) is 5.